The Kier molecular flexibility index (Phi) is 4.06. The highest BCUT2D eigenvalue weighted by molar-refractivity contribution is 9.10. The lowest BCUT2D eigenvalue weighted by Gasteiger charge is -2.10. The molecule has 7 nitrogen and oxygen atoms in total. The smallest absolute Gasteiger partial charge is 0.335 e. The number of rotatable bonds is 4. The van der Waals surface area contributed by atoms with E-state index in [-0.39, 0.29) is 16.3 Å². The summed E-state index contributed by atoms with van der Waals surface area (Å²) in [6.45, 7) is 3.23. The van der Waals surface area contributed by atoms with E-state index in [4.69, 9.17) is 9.63 Å². The topological polar surface area (TPSA) is 110 Å². The van der Waals surface area contributed by atoms with Crippen LogP contribution in [0.15, 0.2) is 32.1 Å². The summed E-state index contributed by atoms with van der Waals surface area (Å²) in [6, 6.07) is 3.87. The molecule has 112 valence electrons. The zero-order valence-electron chi connectivity index (χ0n) is 11.0. The van der Waals surface area contributed by atoms with Crippen molar-refractivity contribution in [1.29, 1.82) is 0 Å². The molecule has 0 saturated heterocycles. The number of carboxylic acids is 1. The molecule has 0 aliphatic rings. The van der Waals surface area contributed by atoms with Gasteiger partial charge < -0.3 is 9.63 Å². The number of carboxylic acid groups (broad SMARTS) is 1. The molecule has 0 aliphatic heterocycles. The van der Waals surface area contributed by atoms with Crippen molar-refractivity contribution >= 4 is 37.7 Å². The van der Waals surface area contributed by atoms with E-state index >= 15 is 0 Å². The first-order valence-electron chi connectivity index (χ1n) is 5.70. The first kappa shape index (κ1) is 15.5. The zero-order chi connectivity index (χ0) is 15.8. The Hall–Kier alpha value is -1.87. The SMILES string of the molecule is Cc1cc(NS(=O)(=O)c2cc(C(=O)O)cc(C)c2Br)no1. The second-order valence-electron chi connectivity index (χ2n) is 4.34. The zero-order valence-corrected chi connectivity index (χ0v) is 13.4. The summed E-state index contributed by atoms with van der Waals surface area (Å²) in [4.78, 5) is 10.9. The van der Waals surface area contributed by atoms with E-state index in [0.717, 1.165) is 6.07 Å². The van der Waals surface area contributed by atoms with Crippen LogP contribution in [0.5, 0.6) is 0 Å². The van der Waals surface area contributed by atoms with Gasteiger partial charge in [-0.05, 0) is 47.5 Å². The third-order valence-corrected chi connectivity index (χ3v) is 5.32. The fourth-order valence-corrected chi connectivity index (χ4v) is 3.69. The highest BCUT2D eigenvalue weighted by Crippen LogP contribution is 2.28. The summed E-state index contributed by atoms with van der Waals surface area (Å²) in [7, 11) is -3.99. The van der Waals surface area contributed by atoms with Crippen LogP contribution in [0.2, 0.25) is 0 Å². The van der Waals surface area contributed by atoms with E-state index in [1.165, 1.54) is 12.1 Å². The molecule has 0 spiro atoms. The molecule has 1 aromatic heterocycles. The fraction of sp³-hybridized carbons (Fsp3) is 0.167. The lowest BCUT2D eigenvalue weighted by molar-refractivity contribution is 0.0696. The number of nitrogens with zero attached hydrogens (tertiary/aromatic N) is 1. The Morgan fingerprint density at radius 1 is 1.33 bits per heavy atom. The van der Waals surface area contributed by atoms with Gasteiger partial charge in [0.1, 0.15) is 10.7 Å². The van der Waals surface area contributed by atoms with Crippen molar-refractivity contribution in [3.8, 4) is 0 Å². The van der Waals surface area contributed by atoms with E-state index < -0.39 is 16.0 Å². The largest absolute Gasteiger partial charge is 0.478 e. The summed E-state index contributed by atoms with van der Waals surface area (Å²) in [5, 5.41) is 12.6. The van der Waals surface area contributed by atoms with E-state index in [1.54, 1.807) is 13.8 Å². The van der Waals surface area contributed by atoms with E-state index in [9.17, 15) is 13.2 Å². The number of aryl methyl sites for hydroxylation is 2. The molecule has 0 radical (unpaired) electrons. The van der Waals surface area contributed by atoms with Crippen molar-refractivity contribution in [2.24, 2.45) is 0 Å². The molecule has 0 aliphatic carbocycles. The lowest BCUT2D eigenvalue weighted by atomic mass is 10.1. The van der Waals surface area contributed by atoms with Gasteiger partial charge in [0.25, 0.3) is 10.0 Å². The maximum atomic E-state index is 12.3. The number of anilines is 1. The van der Waals surface area contributed by atoms with Crippen LogP contribution in [-0.2, 0) is 10.0 Å². The molecule has 0 saturated carbocycles. The Labute approximate surface area is 129 Å². The number of hydrogen-bond donors (Lipinski definition) is 2. The van der Waals surface area contributed by atoms with Gasteiger partial charge in [-0.15, -0.1) is 0 Å². The quantitative estimate of drug-likeness (QED) is 0.850. The first-order valence-corrected chi connectivity index (χ1v) is 7.98. The van der Waals surface area contributed by atoms with Crippen molar-refractivity contribution in [2.75, 3.05) is 4.72 Å². The highest BCUT2D eigenvalue weighted by Gasteiger charge is 2.22. The average Bonchev–Trinajstić information content (AvgIpc) is 2.76. The minimum absolute atomic E-state index is 0.0257. The Balaban J connectivity index is 2.51. The summed E-state index contributed by atoms with van der Waals surface area (Å²) >= 11 is 3.16. The molecular weight excluding hydrogens is 364 g/mol. The Morgan fingerprint density at radius 3 is 2.52 bits per heavy atom. The van der Waals surface area contributed by atoms with Crippen LogP contribution in [-0.4, -0.2) is 24.7 Å². The molecule has 0 fully saturated rings. The molecule has 0 unspecified atom stereocenters. The first-order chi connectivity index (χ1) is 9.70. The Bertz CT molecular complexity index is 813. The molecule has 2 aromatic rings. The van der Waals surface area contributed by atoms with Crippen LogP contribution in [0.4, 0.5) is 5.82 Å². The second kappa shape index (κ2) is 5.49. The number of hydrogen-bond acceptors (Lipinski definition) is 5. The van der Waals surface area contributed by atoms with Crippen LogP contribution >= 0.6 is 15.9 Å². The third-order valence-electron chi connectivity index (χ3n) is 2.62. The van der Waals surface area contributed by atoms with E-state index in [1.807, 2.05) is 0 Å². The van der Waals surface area contributed by atoms with E-state index in [0.29, 0.717) is 15.8 Å². The minimum atomic E-state index is -3.99. The monoisotopic (exact) mass is 374 g/mol. The van der Waals surface area contributed by atoms with Gasteiger partial charge in [-0.25, -0.2) is 13.2 Å². The predicted molar refractivity (Wildman–Crippen MR) is 77.9 cm³/mol. The molecule has 9 heteroatoms. The maximum Gasteiger partial charge on any atom is 0.335 e. The molecule has 1 heterocycles. The van der Waals surface area contributed by atoms with Gasteiger partial charge in [0.15, 0.2) is 5.82 Å². The summed E-state index contributed by atoms with van der Waals surface area (Å²) in [5.41, 5.74) is 0.374. The van der Waals surface area contributed by atoms with Gasteiger partial charge >= 0.3 is 5.97 Å². The normalized spacial score (nSPS) is 11.4. The number of sulfonamides is 1. The fourth-order valence-electron chi connectivity index (χ4n) is 1.66. The van der Waals surface area contributed by atoms with E-state index in [2.05, 4.69) is 25.8 Å². The van der Waals surface area contributed by atoms with Gasteiger partial charge in [-0.2, -0.15) is 0 Å². The number of halogens is 1. The summed E-state index contributed by atoms with van der Waals surface area (Å²) in [5.74, 6) is -0.737. The van der Waals surface area contributed by atoms with Gasteiger partial charge in [-0.3, -0.25) is 4.72 Å². The Morgan fingerprint density at radius 2 is 2.00 bits per heavy atom. The van der Waals surface area contributed by atoms with Crippen LogP contribution in [0.3, 0.4) is 0 Å². The van der Waals surface area contributed by atoms with Crippen molar-refractivity contribution < 1.29 is 22.8 Å². The molecule has 0 amide bonds. The standard InChI is InChI=1S/C12H11BrN2O5S/c1-6-3-8(12(16)17)5-9(11(6)13)21(18,19)15-10-4-7(2)20-14-10/h3-5H,1-2H3,(H,14,15)(H,16,17). The summed E-state index contributed by atoms with van der Waals surface area (Å²) < 4.78 is 32.0. The van der Waals surface area contributed by atoms with Crippen LogP contribution in [0.25, 0.3) is 0 Å². The maximum absolute atomic E-state index is 12.3. The molecule has 0 atom stereocenters. The lowest BCUT2D eigenvalue weighted by Crippen LogP contribution is -2.15. The number of aromatic carboxylic acids is 1. The van der Waals surface area contributed by atoms with Crippen LogP contribution in [0.1, 0.15) is 21.7 Å². The average molecular weight is 375 g/mol. The van der Waals surface area contributed by atoms with Gasteiger partial charge in [0.2, 0.25) is 0 Å². The predicted octanol–water partition coefficient (Wildman–Crippen LogP) is 2.55. The number of nitrogens with one attached hydrogen (secondary N) is 1. The van der Waals surface area contributed by atoms with Crippen molar-refractivity contribution in [2.45, 2.75) is 18.7 Å². The van der Waals surface area contributed by atoms with Crippen LogP contribution in [0, 0.1) is 13.8 Å². The number of aromatic nitrogens is 1. The van der Waals surface area contributed by atoms with Gasteiger partial charge in [0.05, 0.1) is 5.56 Å². The number of carbonyl (C=O) groups is 1. The molecular formula is C12H11BrN2O5S. The molecule has 2 rings (SSSR count). The minimum Gasteiger partial charge on any atom is -0.478 e. The third kappa shape index (κ3) is 3.24. The van der Waals surface area contributed by atoms with Crippen LogP contribution < -0.4 is 4.72 Å². The molecule has 1 aromatic carbocycles. The molecule has 21 heavy (non-hydrogen) atoms. The number of benzene rings is 1. The molecule has 2 N–H and O–H groups in total. The molecule has 0 bridgehead atoms. The van der Waals surface area contributed by atoms with Crippen molar-refractivity contribution in [1.82, 2.24) is 5.16 Å². The van der Waals surface area contributed by atoms with Crippen molar-refractivity contribution in [3.63, 3.8) is 0 Å². The summed E-state index contributed by atoms with van der Waals surface area (Å²) in [6.07, 6.45) is 0. The highest BCUT2D eigenvalue weighted by atomic mass is 79.9. The van der Waals surface area contributed by atoms with Crippen molar-refractivity contribution in [3.05, 3.63) is 39.6 Å². The van der Waals surface area contributed by atoms with Gasteiger partial charge in [-0.1, -0.05) is 5.16 Å². The second-order valence-corrected chi connectivity index (χ2v) is 6.78. The van der Waals surface area contributed by atoms with Gasteiger partial charge in [0, 0.05) is 10.5 Å².